The molecule has 0 aliphatic carbocycles. The molecule has 48 valence electrons. The fourth-order valence-corrected chi connectivity index (χ4v) is 0.295. The Morgan fingerprint density at radius 2 is 2.38 bits per heavy atom. The van der Waals surface area contributed by atoms with E-state index in [0.29, 0.717) is 6.61 Å². The summed E-state index contributed by atoms with van der Waals surface area (Å²) in [7, 11) is 0. The summed E-state index contributed by atoms with van der Waals surface area (Å²) in [5.41, 5.74) is 0. The number of hydrogen-bond acceptors (Lipinski definition) is 2. The smallest absolute Gasteiger partial charge is 0.302 e. The molecule has 1 atom stereocenters. The lowest BCUT2D eigenvalue weighted by atomic mass is 10.5. The Labute approximate surface area is 53.8 Å². The van der Waals surface area contributed by atoms with E-state index in [1.54, 1.807) is 6.92 Å². The Kier molecular flexibility index (Phi) is 3.61. The molecule has 0 rings (SSSR count). The Balaban J connectivity index is 3.05. The summed E-state index contributed by atoms with van der Waals surface area (Å²) < 4.78 is 4.53. The van der Waals surface area contributed by atoms with Gasteiger partial charge < -0.3 is 4.74 Å². The van der Waals surface area contributed by atoms with E-state index in [2.05, 4.69) is 4.74 Å². The van der Waals surface area contributed by atoms with Crippen LogP contribution < -0.4 is 0 Å². The quantitative estimate of drug-likeness (QED) is 0.421. The predicted octanol–water partition coefficient (Wildman–Crippen LogP) is 1.18. The van der Waals surface area contributed by atoms with Gasteiger partial charge in [0.15, 0.2) is 0 Å². The van der Waals surface area contributed by atoms with Gasteiger partial charge in [-0.15, -0.1) is 11.6 Å². The molecule has 0 bridgehead atoms. The van der Waals surface area contributed by atoms with Crippen LogP contribution in [0.5, 0.6) is 0 Å². The molecule has 0 spiro atoms. The van der Waals surface area contributed by atoms with Crippen molar-refractivity contribution in [1.82, 2.24) is 0 Å². The molecule has 2 nitrogen and oxygen atoms in total. The second-order valence-corrected chi connectivity index (χ2v) is 2.33. The molecule has 0 aliphatic rings. The molecule has 0 fully saturated rings. The summed E-state index contributed by atoms with van der Waals surface area (Å²) in [4.78, 5) is 10.1. The fraction of sp³-hybridized carbons (Fsp3) is 0.800. The van der Waals surface area contributed by atoms with E-state index < -0.39 is 0 Å². The topological polar surface area (TPSA) is 26.3 Å². The lowest BCUT2D eigenvalue weighted by Crippen LogP contribution is -2.07. The molecule has 0 heterocycles. The number of hydrogen-bond donors (Lipinski definition) is 0. The normalized spacial score (nSPS) is 12.9. The van der Waals surface area contributed by atoms with Crippen LogP contribution >= 0.6 is 11.6 Å². The number of esters is 1. The van der Waals surface area contributed by atoms with Crippen molar-refractivity contribution in [2.45, 2.75) is 19.2 Å². The minimum absolute atomic E-state index is 0.0844. The molecule has 0 saturated carbocycles. The predicted molar refractivity (Wildman–Crippen MR) is 31.9 cm³/mol. The monoisotopic (exact) mass is 136 g/mol. The molecule has 0 aliphatic heterocycles. The minimum Gasteiger partial charge on any atom is -0.464 e. The second-order valence-electron chi connectivity index (χ2n) is 1.58. The second kappa shape index (κ2) is 3.72. The number of ether oxygens (including phenoxy) is 1. The van der Waals surface area contributed by atoms with Crippen LogP contribution in [0.2, 0.25) is 0 Å². The van der Waals surface area contributed by atoms with Crippen molar-refractivity contribution in [3.63, 3.8) is 0 Å². The first-order valence-electron chi connectivity index (χ1n) is 2.40. The van der Waals surface area contributed by atoms with E-state index in [-0.39, 0.29) is 11.3 Å². The molecular formula is C5H9ClO2. The Morgan fingerprint density at radius 1 is 1.88 bits per heavy atom. The summed E-state index contributed by atoms with van der Waals surface area (Å²) in [6.07, 6.45) is 0. The van der Waals surface area contributed by atoms with Crippen molar-refractivity contribution in [2.75, 3.05) is 6.61 Å². The SMILES string of the molecule is CC(=O)OCC(C)Cl. The van der Waals surface area contributed by atoms with E-state index in [0.717, 1.165) is 0 Å². The zero-order chi connectivity index (χ0) is 6.57. The first-order valence-corrected chi connectivity index (χ1v) is 2.84. The lowest BCUT2D eigenvalue weighted by Gasteiger charge is -2.00. The van der Waals surface area contributed by atoms with Crippen LogP contribution in [0.1, 0.15) is 13.8 Å². The van der Waals surface area contributed by atoms with Crippen molar-refractivity contribution in [2.24, 2.45) is 0 Å². The molecule has 8 heavy (non-hydrogen) atoms. The van der Waals surface area contributed by atoms with Crippen LogP contribution in [0.15, 0.2) is 0 Å². The van der Waals surface area contributed by atoms with Crippen LogP contribution in [-0.4, -0.2) is 18.0 Å². The van der Waals surface area contributed by atoms with Crippen LogP contribution in [0.4, 0.5) is 0 Å². The maximum absolute atomic E-state index is 10.1. The summed E-state index contributed by atoms with van der Waals surface area (Å²) in [6.45, 7) is 3.43. The molecule has 0 amide bonds. The van der Waals surface area contributed by atoms with E-state index in [1.807, 2.05) is 0 Å². The van der Waals surface area contributed by atoms with Crippen molar-refractivity contribution < 1.29 is 9.53 Å². The zero-order valence-electron chi connectivity index (χ0n) is 4.98. The molecule has 0 aromatic heterocycles. The van der Waals surface area contributed by atoms with E-state index in [1.165, 1.54) is 6.92 Å². The number of halogens is 1. The molecule has 0 aromatic rings. The van der Waals surface area contributed by atoms with Gasteiger partial charge in [0.1, 0.15) is 6.61 Å². The molecular weight excluding hydrogens is 128 g/mol. The number of alkyl halides is 1. The number of carbonyl (C=O) groups is 1. The fourth-order valence-electron chi connectivity index (χ4n) is 0.232. The molecule has 0 aromatic carbocycles. The van der Waals surface area contributed by atoms with Crippen LogP contribution in [0, 0.1) is 0 Å². The van der Waals surface area contributed by atoms with Crippen LogP contribution in [-0.2, 0) is 9.53 Å². The highest BCUT2D eigenvalue weighted by atomic mass is 35.5. The first-order chi connectivity index (χ1) is 3.63. The Hall–Kier alpha value is -0.240. The van der Waals surface area contributed by atoms with Gasteiger partial charge in [-0.3, -0.25) is 4.79 Å². The third-order valence-electron chi connectivity index (χ3n) is 0.516. The Bertz CT molecular complexity index is 80.5. The van der Waals surface area contributed by atoms with Crippen LogP contribution in [0.25, 0.3) is 0 Å². The van der Waals surface area contributed by atoms with E-state index in [9.17, 15) is 4.79 Å². The molecule has 0 saturated heterocycles. The largest absolute Gasteiger partial charge is 0.464 e. The van der Waals surface area contributed by atoms with Gasteiger partial charge in [-0.2, -0.15) is 0 Å². The Morgan fingerprint density at radius 3 is 2.50 bits per heavy atom. The lowest BCUT2D eigenvalue weighted by molar-refractivity contribution is -0.140. The van der Waals surface area contributed by atoms with Crippen molar-refractivity contribution in [1.29, 1.82) is 0 Å². The average molecular weight is 137 g/mol. The number of carbonyl (C=O) groups excluding carboxylic acids is 1. The van der Waals surface area contributed by atoms with E-state index >= 15 is 0 Å². The highest BCUT2D eigenvalue weighted by molar-refractivity contribution is 6.20. The first kappa shape index (κ1) is 7.76. The third-order valence-corrected chi connectivity index (χ3v) is 0.642. The van der Waals surface area contributed by atoms with Crippen molar-refractivity contribution in [3.8, 4) is 0 Å². The van der Waals surface area contributed by atoms with Gasteiger partial charge in [-0.1, -0.05) is 0 Å². The summed E-state index contributed by atoms with van der Waals surface area (Å²) in [5, 5.41) is -0.0844. The molecule has 0 radical (unpaired) electrons. The highest BCUT2D eigenvalue weighted by Gasteiger charge is 1.96. The van der Waals surface area contributed by atoms with Gasteiger partial charge in [0.05, 0.1) is 5.38 Å². The van der Waals surface area contributed by atoms with Crippen molar-refractivity contribution in [3.05, 3.63) is 0 Å². The van der Waals surface area contributed by atoms with Gasteiger partial charge in [0.2, 0.25) is 0 Å². The maximum Gasteiger partial charge on any atom is 0.302 e. The van der Waals surface area contributed by atoms with Crippen molar-refractivity contribution >= 4 is 17.6 Å². The van der Waals surface area contributed by atoms with Crippen LogP contribution in [0.3, 0.4) is 0 Å². The zero-order valence-corrected chi connectivity index (χ0v) is 5.73. The van der Waals surface area contributed by atoms with E-state index in [4.69, 9.17) is 11.6 Å². The number of rotatable bonds is 2. The van der Waals surface area contributed by atoms with Gasteiger partial charge in [-0.25, -0.2) is 0 Å². The van der Waals surface area contributed by atoms with Gasteiger partial charge in [0, 0.05) is 6.92 Å². The average Bonchev–Trinajstić information content (AvgIpc) is 1.61. The maximum atomic E-state index is 10.1. The summed E-state index contributed by atoms with van der Waals surface area (Å²) in [5.74, 6) is -0.280. The standard InChI is InChI=1S/C5H9ClO2/c1-4(6)3-8-5(2)7/h4H,3H2,1-2H3. The molecule has 0 N–H and O–H groups in total. The van der Waals surface area contributed by atoms with Gasteiger partial charge in [0.25, 0.3) is 0 Å². The summed E-state index contributed by atoms with van der Waals surface area (Å²) in [6, 6.07) is 0. The van der Waals surface area contributed by atoms with Gasteiger partial charge in [-0.05, 0) is 6.92 Å². The van der Waals surface area contributed by atoms with Gasteiger partial charge >= 0.3 is 5.97 Å². The molecule has 1 unspecified atom stereocenters. The molecule has 3 heteroatoms. The third kappa shape index (κ3) is 5.76. The minimum atomic E-state index is -0.280. The highest BCUT2D eigenvalue weighted by Crippen LogP contribution is 1.92. The summed E-state index contributed by atoms with van der Waals surface area (Å²) >= 11 is 5.44.